The molecule has 0 spiro atoms. The predicted molar refractivity (Wildman–Crippen MR) is 106 cm³/mol. The fourth-order valence-electron chi connectivity index (χ4n) is 2.66. The molecule has 0 bridgehead atoms. The fraction of sp³-hybridized carbons (Fsp3) is 0.250. The average Bonchev–Trinajstić information content (AvgIpc) is 2.73. The predicted octanol–water partition coefficient (Wildman–Crippen LogP) is 3.66. The number of anilines is 3. The highest BCUT2D eigenvalue weighted by molar-refractivity contribution is 5.65. The molecule has 0 aliphatic heterocycles. The molecule has 0 amide bonds. The van der Waals surface area contributed by atoms with Gasteiger partial charge in [0.05, 0.1) is 26.1 Å². The van der Waals surface area contributed by atoms with Crippen LogP contribution < -0.4 is 19.7 Å². The second-order valence-corrected chi connectivity index (χ2v) is 5.83. The summed E-state index contributed by atoms with van der Waals surface area (Å²) in [7, 11) is 3.23. The van der Waals surface area contributed by atoms with Crippen molar-refractivity contribution in [3.8, 4) is 11.5 Å². The molecule has 0 atom stereocenters. The van der Waals surface area contributed by atoms with E-state index in [0.717, 1.165) is 18.0 Å². The molecular weight excluding hydrogens is 342 g/mol. The van der Waals surface area contributed by atoms with Gasteiger partial charge in [0.2, 0.25) is 5.95 Å². The molecule has 0 saturated carbocycles. The Morgan fingerprint density at radius 3 is 2.56 bits per heavy atom. The van der Waals surface area contributed by atoms with Crippen LogP contribution in [0.4, 0.5) is 17.5 Å². The monoisotopic (exact) mass is 365 g/mol. The Balaban J connectivity index is 1.80. The molecule has 0 aliphatic carbocycles. The zero-order chi connectivity index (χ0) is 19.1. The number of hydrogen-bond donors (Lipinski definition) is 1. The summed E-state index contributed by atoms with van der Waals surface area (Å²) in [6, 6.07) is 15.8. The zero-order valence-corrected chi connectivity index (χ0v) is 15.7. The molecule has 0 radical (unpaired) electrons. The van der Waals surface area contributed by atoms with Gasteiger partial charge < -0.3 is 19.7 Å². The molecule has 27 heavy (non-hydrogen) atoms. The first-order chi connectivity index (χ1) is 13.2. The topological polar surface area (TPSA) is 72.4 Å². The van der Waals surface area contributed by atoms with Gasteiger partial charge in [-0.15, -0.1) is 5.10 Å². The Labute approximate surface area is 159 Å². The van der Waals surface area contributed by atoms with Gasteiger partial charge in [0.25, 0.3) is 0 Å². The van der Waals surface area contributed by atoms with Crippen LogP contribution in [0.5, 0.6) is 11.5 Å². The molecule has 0 aliphatic rings. The lowest BCUT2D eigenvalue weighted by Gasteiger charge is -2.21. The Kier molecular flexibility index (Phi) is 6.04. The third kappa shape index (κ3) is 4.63. The summed E-state index contributed by atoms with van der Waals surface area (Å²) >= 11 is 0. The Morgan fingerprint density at radius 2 is 1.85 bits per heavy atom. The standard InChI is InChI=1S/C20H23N5O2/c1-4-25(14-15-8-6-5-7-9-15)20-23-19(13-21-24-20)22-17-11-10-16(26-2)12-18(17)27-3/h5-13H,4,14H2,1-3H3,(H,22,23,24). The van der Waals surface area contributed by atoms with Gasteiger partial charge in [-0.1, -0.05) is 30.3 Å². The summed E-state index contributed by atoms with van der Waals surface area (Å²) in [5.41, 5.74) is 1.97. The fourth-order valence-corrected chi connectivity index (χ4v) is 2.66. The molecule has 0 unspecified atom stereocenters. The van der Waals surface area contributed by atoms with Crippen molar-refractivity contribution in [3.05, 3.63) is 60.3 Å². The van der Waals surface area contributed by atoms with E-state index in [0.29, 0.717) is 24.1 Å². The van der Waals surface area contributed by atoms with Crippen molar-refractivity contribution in [1.29, 1.82) is 0 Å². The van der Waals surface area contributed by atoms with E-state index < -0.39 is 0 Å². The number of hydrogen-bond acceptors (Lipinski definition) is 7. The number of nitrogens with zero attached hydrogens (tertiary/aromatic N) is 4. The zero-order valence-electron chi connectivity index (χ0n) is 15.7. The van der Waals surface area contributed by atoms with Gasteiger partial charge in [0.1, 0.15) is 11.5 Å². The lowest BCUT2D eigenvalue weighted by molar-refractivity contribution is 0.395. The van der Waals surface area contributed by atoms with Crippen molar-refractivity contribution >= 4 is 17.5 Å². The van der Waals surface area contributed by atoms with E-state index in [1.807, 2.05) is 36.4 Å². The van der Waals surface area contributed by atoms with Crippen molar-refractivity contribution in [2.24, 2.45) is 0 Å². The molecule has 1 N–H and O–H groups in total. The quantitative estimate of drug-likeness (QED) is 0.653. The molecule has 140 valence electrons. The van der Waals surface area contributed by atoms with E-state index in [2.05, 4.69) is 44.5 Å². The summed E-state index contributed by atoms with van der Waals surface area (Å²) in [5, 5.41) is 11.5. The Bertz CT molecular complexity index is 873. The Morgan fingerprint density at radius 1 is 1.04 bits per heavy atom. The highest BCUT2D eigenvalue weighted by Gasteiger charge is 2.12. The molecule has 3 rings (SSSR count). The third-order valence-corrected chi connectivity index (χ3v) is 4.10. The summed E-state index contributed by atoms with van der Waals surface area (Å²) in [6.07, 6.45) is 1.59. The molecule has 7 heteroatoms. The molecule has 0 fully saturated rings. The number of ether oxygens (including phenoxy) is 2. The van der Waals surface area contributed by atoms with Crippen LogP contribution in [0.2, 0.25) is 0 Å². The maximum absolute atomic E-state index is 5.42. The lowest BCUT2D eigenvalue weighted by atomic mass is 10.2. The molecule has 0 saturated heterocycles. The van der Waals surface area contributed by atoms with Gasteiger partial charge in [-0.3, -0.25) is 0 Å². The van der Waals surface area contributed by atoms with E-state index in [-0.39, 0.29) is 0 Å². The minimum atomic E-state index is 0.568. The SMILES string of the molecule is CCN(Cc1ccccc1)c1nncc(Nc2ccc(OC)cc2OC)n1. The van der Waals surface area contributed by atoms with Crippen LogP contribution in [-0.4, -0.2) is 35.9 Å². The highest BCUT2D eigenvalue weighted by atomic mass is 16.5. The van der Waals surface area contributed by atoms with Crippen LogP contribution in [0.15, 0.2) is 54.7 Å². The molecular formula is C20H23N5O2. The number of aromatic nitrogens is 3. The minimum absolute atomic E-state index is 0.568. The highest BCUT2D eigenvalue weighted by Crippen LogP contribution is 2.31. The number of rotatable bonds is 8. The smallest absolute Gasteiger partial charge is 0.247 e. The minimum Gasteiger partial charge on any atom is -0.497 e. The summed E-state index contributed by atoms with van der Waals surface area (Å²) in [5.74, 6) is 2.54. The van der Waals surface area contributed by atoms with E-state index >= 15 is 0 Å². The van der Waals surface area contributed by atoms with Crippen LogP contribution in [-0.2, 0) is 6.54 Å². The second-order valence-electron chi connectivity index (χ2n) is 5.83. The first-order valence-electron chi connectivity index (χ1n) is 8.71. The Hall–Kier alpha value is -3.35. The normalized spacial score (nSPS) is 10.3. The van der Waals surface area contributed by atoms with Crippen LogP contribution in [0, 0.1) is 0 Å². The number of benzene rings is 2. The van der Waals surface area contributed by atoms with E-state index in [4.69, 9.17) is 9.47 Å². The van der Waals surface area contributed by atoms with Crippen molar-refractivity contribution in [1.82, 2.24) is 15.2 Å². The van der Waals surface area contributed by atoms with Gasteiger partial charge >= 0.3 is 0 Å². The largest absolute Gasteiger partial charge is 0.497 e. The van der Waals surface area contributed by atoms with E-state index in [9.17, 15) is 0 Å². The van der Waals surface area contributed by atoms with Crippen molar-refractivity contribution < 1.29 is 9.47 Å². The van der Waals surface area contributed by atoms with Gasteiger partial charge in [0.15, 0.2) is 5.82 Å². The molecule has 1 heterocycles. The van der Waals surface area contributed by atoms with Crippen LogP contribution in [0.3, 0.4) is 0 Å². The first kappa shape index (κ1) is 18.4. The van der Waals surface area contributed by atoms with Gasteiger partial charge in [0, 0.05) is 19.2 Å². The summed E-state index contributed by atoms with van der Waals surface area (Å²) in [6.45, 7) is 3.55. The number of nitrogens with one attached hydrogen (secondary N) is 1. The second kappa shape index (κ2) is 8.84. The summed E-state index contributed by atoms with van der Waals surface area (Å²) < 4.78 is 10.7. The van der Waals surface area contributed by atoms with Gasteiger partial charge in [-0.05, 0) is 24.6 Å². The van der Waals surface area contributed by atoms with Crippen molar-refractivity contribution in [3.63, 3.8) is 0 Å². The van der Waals surface area contributed by atoms with Crippen LogP contribution in [0.25, 0.3) is 0 Å². The third-order valence-electron chi connectivity index (χ3n) is 4.10. The molecule has 2 aromatic carbocycles. The van der Waals surface area contributed by atoms with Crippen molar-refractivity contribution in [2.45, 2.75) is 13.5 Å². The van der Waals surface area contributed by atoms with Gasteiger partial charge in [-0.2, -0.15) is 10.1 Å². The van der Waals surface area contributed by atoms with E-state index in [1.54, 1.807) is 20.4 Å². The lowest BCUT2D eigenvalue weighted by Crippen LogP contribution is -2.24. The van der Waals surface area contributed by atoms with Gasteiger partial charge in [-0.25, -0.2) is 0 Å². The van der Waals surface area contributed by atoms with E-state index in [1.165, 1.54) is 5.56 Å². The molecule has 7 nitrogen and oxygen atoms in total. The average molecular weight is 365 g/mol. The maximum Gasteiger partial charge on any atom is 0.247 e. The molecule has 1 aromatic heterocycles. The summed E-state index contributed by atoms with van der Waals surface area (Å²) in [4.78, 5) is 6.68. The van der Waals surface area contributed by atoms with Crippen LogP contribution in [0.1, 0.15) is 12.5 Å². The van der Waals surface area contributed by atoms with Crippen molar-refractivity contribution in [2.75, 3.05) is 31.0 Å². The van der Waals surface area contributed by atoms with Crippen LogP contribution >= 0.6 is 0 Å². The number of methoxy groups -OCH3 is 2. The maximum atomic E-state index is 5.42. The molecule has 3 aromatic rings. The first-order valence-corrected chi connectivity index (χ1v) is 8.71.